The van der Waals surface area contributed by atoms with Crippen molar-refractivity contribution in [2.75, 3.05) is 21.2 Å². The number of ether oxygens (including phenoxy) is 2. The fourth-order valence-corrected chi connectivity index (χ4v) is 6.69. The number of benzene rings is 1. The van der Waals surface area contributed by atoms with Crippen LogP contribution in [0.5, 0.6) is 5.75 Å². The number of imide groups is 1. The van der Waals surface area contributed by atoms with E-state index in [9.17, 15) is 28.8 Å². The highest BCUT2D eigenvalue weighted by Crippen LogP contribution is 2.38. The molecule has 3 rings (SSSR count). The molecule has 0 aliphatic carbocycles. The standard InChI is InChI=1S/C40H59N5O9/c1-23(2)29(20-24(3)36(50)54-45-30(46)18-19-31(45)47)43(13)35(49)32(38(4,5)6)41-34(48)33(44(14)37(51)53-39(7,8)9)40(10,11)27-22-42(12)28-17-16-25(52-15)21-26(27)28/h16-17,20-23,29,32-33H,18-19H2,1-15H3,(H,41,48)/b24-20+/t29-,32-,33-/m1/s1. The lowest BCUT2D eigenvalue weighted by atomic mass is 9.76. The average molecular weight is 754 g/mol. The Kier molecular flexibility index (Phi) is 13.1. The predicted molar refractivity (Wildman–Crippen MR) is 204 cm³/mol. The van der Waals surface area contributed by atoms with E-state index < -0.39 is 70.2 Å². The van der Waals surface area contributed by atoms with E-state index in [-0.39, 0.29) is 24.3 Å². The van der Waals surface area contributed by atoms with Gasteiger partial charge in [-0.15, -0.1) is 5.06 Å². The lowest BCUT2D eigenvalue weighted by molar-refractivity contribution is -0.194. The molecule has 1 fully saturated rings. The van der Waals surface area contributed by atoms with E-state index in [1.165, 1.54) is 23.8 Å². The van der Waals surface area contributed by atoms with Crippen molar-refractivity contribution in [1.29, 1.82) is 0 Å². The van der Waals surface area contributed by atoms with Gasteiger partial charge in [0.2, 0.25) is 11.8 Å². The summed E-state index contributed by atoms with van der Waals surface area (Å²) < 4.78 is 13.2. The minimum absolute atomic E-state index is 0.0388. The maximum absolute atomic E-state index is 14.8. The second-order valence-corrected chi connectivity index (χ2v) is 17.1. The van der Waals surface area contributed by atoms with Gasteiger partial charge in [-0.1, -0.05) is 54.5 Å². The summed E-state index contributed by atoms with van der Waals surface area (Å²) >= 11 is 0. The molecule has 0 spiro atoms. The van der Waals surface area contributed by atoms with Crippen molar-refractivity contribution in [3.8, 4) is 5.75 Å². The van der Waals surface area contributed by atoms with E-state index in [0.717, 1.165) is 16.5 Å². The molecule has 0 bridgehead atoms. The molecule has 54 heavy (non-hydrogen) atoms. The summed E-state index contributed by atoms with van der Waals surface area (Å²) in [5, 5.41) is 4.32. The zero-order valence-electron chi connectivity index (χ0n) is 34.6. The van der Waals surface area contributed by atoms with Crippen molar-refractivity contribution in [3.05, 3.63) is 41.6 Å². The highest BCUT2D eigenvalue weighted by Gasteiger charge is 2.47. The minimum Gasteiger partial charge on any atom is -0.497 e. The fourth-order valence-electron chi connectivity index (χ4n) is 6.69. The van der Waals surface area contributed by atoms with Crippen LogP contribution in [-0.2, 0) is 46.0 Å². The van der Waals surface area contributed by atoms with Crippen LogP contribution in [-0.4, -0.2) is 100 Å². The minimum atomic E-state index is -1.17. The van der Waals surface area contributed by atoms with Gasteiger partial charge in [0.05, 0.1) is 13.2 Å². The molecule has 1 aromatic carbocycles. The third-order valence-electron chi connectivity index (χ3n) is 9.69. The number of hydrogen-bond donors (Lipinski definition) is 1. The van der Waals surface area contributed by atoms with Gasteiger partial charge in [-0.05, 0) is 62.8 Å². The molecule has 5 amide bonds. The van der Waals surface area contributed by atoms with Crippen molar-refractivity contribution < 1.29 is 43.1 Å². The molecule has 0 unspecified atom stereocenters. The number of hydroxylamine groups is 2. The summed E-state index contributed by atoms with van der Waals surface area (Å²) in [5.41, 5.74) is -0.951. The SMILES string of the molecule is COc1ccc2c(c1)c(C(C)(C)[C@@H](C(=O)N[C@H](C(=O)N(C)[C@H](/C=C(\C)C(=O)ON1C(=O)CCC1=O)C(C)C)C(C)(C)C)N(C)C(=O)OC(C)(C)C)cn2C. The summed E-state index contributed by atoms with van der Waals surface area (Å²) in [6, 6.07) is 2.77. The molecule has 298 valence electrons. The molecule has 2 heterocycles. The van der Waals surface area contributed by atoms with Gasteiger partial charge in [-0.2, -0.15) is 0 Å². The first-order valence-corrected chi connectivity index (χ1v) is 18.2. The smallest absolute Gasteiger partial charge is 0.410 e. The van der Waals surface area contributed by atoms with Gasteiger partial charge in [-0.3, -0.25) is 24.1 Å². The second kappa shape index (κ2) is 16.2. The molecular weight excluding hydrogens is 694 g/mol. The Morgan fingerprint density at radius 2 is 1.50 bits per heavy atom. The molecule has 1 N–H and O–H groups in total. The van der Waals surface area contributed by atoms with E-state index in [4.69, 9.17) is 14.3 Å². The molecule has 0 radical (unpaired) electrons. The normalized spacial score (nSPS) is 15.9. The van der Waals surface area contributed by atoms with Crippen molar-refractivity contribution in [1.82, 2.24) is 24.7 Å². The fraction of sp³-hybridized carbons (Fsp3) is 0.600. The Morgan fingerprint density at radius 3 is 2.00 bits per heavy atom. The Balaban J connectivity index is 2.06. The third kappa shape index (κ3) is 9.61. The number of carbonyl (C=O) groups is 6. The second-order valence-electron chi connectivity index (χ2n) is 17.1. The summed E-state index contributed by atoms with van der Waals surface area (Å²) in [6.45, 7) is 19.7. The summed E-state index contributed by atoms with van der Waals surface area (Å²) in [6.07, 6.45) is 2.69. The van der Waals surface area contributed by atoms with Gasteiger partial charge in [-0.25, -0.2) is 9.59 Å². The maximum atomic E-state index is 14.8. The van der Waals surface area contributed by atoms with Crippen molar-refractivity contribution >= 4 is 46.6 Å². The number of likely N-dealkylation sites (N-methyl/N-ethyl adjacent to an activating group) is 2. The zero-order valence-corrected chi connectivity index (χ0v) is 34.6. The van der Waals surface area contributed by atoms with Crippen molar-refractivity contribution in [2.24, 2.45) is 18.4 Å². The predicted octanol–water partition coefficient (Wildman–Crippen LogP) is 5.27. The summed E-state index contributed by atoms with van der Waals surface area (Å²) in [7, 11) is 6.57. The number of nitrogens with zero attached hydrogens (tertiary/aromatic N) is 4. The van der Waals surface area contributed by atoms with Crippen LogP contribution in [0.25, 0.3) is 10.9 Å². The molecule has 1 aliphatic rings. The van der Waals surface area contributed by atoms with E-state index in [1.807, 2.05) is 84.5 Å². The van der Waals surface area contributed by atoms with Crippen LogP contribution in [0.4, 0.5) is 4.79 Å². The first kappa shape index (κ1) is 43.5. The van der Waals surface area contributed by atoms with Gasteiger partial charge in [0.25, 0.3) is 11.8 Å². The highest BCUT2D eigenvalue weighted by molar-refractivity contribution is 6.02. The molecule has 1 saturated heterocycles. The monoisotopic (exact) mass is 753 g/mol. The summed E-state index contributed by atoms with van der Waals surface area (Å²) in [5.74, 6) is -2.69. The Bertz CT molecular complexity index is 1800. The highest BCUT2D eigenvalue weighted by atomic mass is 16.7. The zero-order chi connectivity index (χ0) is 41.2. The number of methoxy groups -OCH3 is 1. The first-order chi connectivity index (χ1) is 24.7. The molecule has 14 heteroatoms. The van der Waals surface area contributed by atoms with Gasteiger partial charge in [0.1, 0.15) is 23.4 Å². The Labute approximate surface area is 319 Å². The maximum Gasteiger partial charge on any atom is 0.410 e. The number of fused-ring (bicyclic) bond motifs is 1. The number of aromatic nitrogens is 1. The molecule has 1 aliphatic heterocycles. The topological polar surface area (TPSA) is 157 Å². The Morgan fingerprint density at radius 1 is 0.926 bits per heavy atom. The van der Waals surface area contributed by atoms with Crippen LogP contribution in [0.3, 0.4) is 0 Å². The van der Waals surface area contributed by atoms with Gasteiger partial charge in [0, 0.05) is 62.1 Å². The van der Waals surface area contributed by atoms with Crippen LogP contribution in [0.1, 0.15) is 94.6 Å². The van der Waals surface area contributed by atoms with Crippen molar-refractivity contribution in [3.63, 3.8) is 0 Å². The molecule has 2 aromatic rings. The molecule has 14 nitrogen and oxygen atoms in total. The van der Waals surface area contributed by atoms with Crippen LogP contribution < -0.4 is 10.1 Å². The number of amides is 5. The number of aryl methyl sites for hydroxylation is 1. The lowest BCUT2D eigenvalue weighted by Crippen LogP contribution is -2.63. The summed E-state index contributed by atoms with van der Waals surface area (Å²) in [4.78, 5) is 87.8. The molecule has 0 saturated carbocycles. The van der Waals surface area contributed by atoms with E-state index >= 15 is 0 Å². The van der Waals surface area contributed by atoms with E-state index in [0.29, 0.717) is 10.8 Å². The number of carbonyl (C=O) groups excluding carboxylic acids is 6. The lowest BCUT2D eigenvalue weighted by Gasteiger charge is -2.42. The van der Waals surface area contributed by atoms with Crippen molar-refractivity contribution in [2.45, 2.75) is 118 Å². The largest absolute Gasteiger partial charge is 0.497 e. The number of hydrogen-bond acceptors (Lipinski definition) is 9. The average Bonchev–Trinajstić information content (AvgIpc) is 3.57. The van der Waals surface area contributed by atoms with Gasteiger partial charge in [0.15, 0.2) is 0 Å². The molecule has 1 aromatic heterocycles. The van der Waals surface area contributed by atoms with Crippen LogP contribution in [0.2, 0.25) is 0 Å². The number of nitrogens with one attached hydrogen (secondary N) is 1. The quantitative estimate of drug-likeness (QED) is 0.225. The first-order valence-electron chi connectivity index (χ1n) is 18.2. The number of rotatable bonds is 12. The molecular formula is C40H59N5O9. The van der Waals surface area contributed by atoms with E-state index in [1.54, 1.807) is 41.0 Å². The Hall–Kier alpha value is -4.88. The van der Waals surface area contributed by atoms with Crippen LogP contribution in [0, 0.1) is 11.3 Å². The van der Waals surface area contributed by atoms with Gasteiger partial charge < -0.3 is 29.1 Å². The van der Waals surface area contributed by atoms with Gasteiger partial charge >= 0.3 is 12.1 Å². The van der Waals surface area contributed by atoms with Crippen LogP contribution >= 0.6 is 0 Å². The molecule has 3 atom stereocenters. The van der Waals surface area contributed by atoms with E-state index in [2.05, 4.69) is 5.32 Å². The third-order valence-corrected chi connectivity index (χ3v) is 9.69. The van der Waals surface area contributed by atoms with Crippen LogP contribution in [0.15, 0.2) is 36.0 Å².